The third-order valence-corrected chi connectivity index (χ3v) is 9.93. The highest BCUT2D eigenvalue weighted by atomic mass is 32.1. The Hall–Kier alpha value is -5.64. The van der Waals surface area contributed by atoms with Gasteiger partial charge in [-0.1, -0.05) is 97.1 Å². The molecule has 9 aromatic rings. The smallest absolute Gasteiger partial charge is 0.0541 e. The van der Waals surface area contributed by atoms with E-state index < -0.39 is 0 Å². The summed E-state index contributed by atoms with van der Waals surface area (Å²) in [4.78, 5) is 0. The van der Waals surface area contributed by atoms with Gasteiger partial charge in [-0.3, -0.25) is 0 Å². The molecule has 0 spiro atoms. The van der Waals surface area contributed by atoms with Gasteiger partial charge in [-0.25, -0.2) is 0 Å². The number of fused-ring (bicyclic) bond motifs is 6. The van der Waals surface area contributed by atoms with Crippen molar-refractivity contribution in [1.29, 1.82) is 0 Å². The fraction of sp³-hybridized carbons (Fsp3) is 0. The standard InChI is InChI=1S/C42H28N2S/c1-3-11-28(12-4-1)35-25-29(19-22-38(35)43-31-21-24-42-37(27-31)34-16-8-10-18-41(34)45-42)30-20-23-40-36(26-30)33-15-7-9-17-39(33)44(40)32-13-5-2-6-14-32/h1-27,43H. The molecule has 3 heteroatoms. The number of para-hydroxylation sites is 2. The Bertz CT molecular complexity index is 2510. The van der Waals surface area contributed by atoms with Crippen LogP contribution in [0, 0.1) is 0 Å². The molecule has 0 amide bonds. The molecule has 0 atom stereocenters. The van der Waals surface area contributed by atoms with E-state index in [2.05, 4.69) is 174 Å². The van der Waals surface area contributed by atoms with Crippen molar-refractivity contribution in [3.63, 3.8) is 0 Å². The predicted molar refractivity (Wildman–Crippen MR) is 194 cm³/mol. The minimum absolute atomic E-state index is 1.09. The molecule has 0 fully saturated rings. The van der Waals surface area contributed by atoms with Crippen LogP contribution in [0.25, 0.3) is 69.9 Å². The van der Waals surface area contributed by atoms with Gasteiger partial charge in [0.05, 0.1) is 11.0 Å². The average Bonchev–Trinajstić information content (AvgIpc) is 3.64. The van der Waals surface area contributed by atoms with E-state index in [4.69, 9.17) is 0 Å². The van der Waals surface area contributed by atoms with Crippen molar-refractivity contribution < 1.29 is 0 Å². The lowest BCUT2D eigenvalue weighted by Crippen LogP contribution is -1.94. The fourth-order valence-corrected chi connectivity index (χ4v) is 7.74. The van der Waals surface area contributed by atoms with Crippen molar-refractivity contribution in [2.24, 2.45) is 0 Å². The molecule has 0 aliphatic heterocycles. The second-order valence-corrected chi connectivity index (χ2v) is 12.6. The molecule has 7 aromatic carbocycles. The molecule has 1 N–H and O–H groups in total. The predicted octanol–water partition coefficient (Wildman–Crippen LogP) is 12.2. The van der Waals surface area contributed by atoms with Crippen LogP contribution in [-0.2, 0) is 0 Å². The molecule has 212 valence electrons. The van der Waals surface area contributed by atoms with Gasteiger partial charge >= 0.3 is 0 Å². The zero-order valence-electron chi connectivity index (χ0n) is 24.4. The van der Waals surface area contributed by atoms with Gasteiger partial charge in [0.25, 0.3) is 0 Å². The first kappa shape index (κ1) is 25.8. The van der Waals surface area contributed by atoms with Crippen molar-refractivity contribution >= 4 is 64.7 Å². The Kier molecular flexibility index (Phi) is 6.03. The van der Waals surface area contributed by atoms with Crippen LogP contribution >= 0.6 is 11.3 Å². The number of hydrogen-bond donors (Lipinski definition) is 1. The molecular weight excluding hydrogens is 565 g/mol. The number of aromatic nitrogens is 1. The summed E-state index contributed by atoms with van der Waals surface area (Å²) < 4.78 is 5.00. The molecule has 9 rings (SSSR count). The minimum atomic E-state index is 1.09. The maximum atomic E-state index is 3.77. The van der Waals surface area contributed by atoms with E-state index in [0.717, 1.165) is 11.4 Å². The number of anilines is 2. The lowest BCUT2D eigenvalue weighted by Gasteiger charge is -2.15. The molecular formula is C42H28N2S. The second kappa shape index (κ2) is 10.5. The van der Waals surface area contributed by atoms with Gasteiger partial charge in [-0.15, -0.1) is 11.3 Å². The van der Waals surface area contributed by atoms with Gasteiger partial charge in [0, 0.05) is 53.6 Å². The summed E-state index contributed by atoms with van der Waals surface area (Å²) in [6.45, 7) is 0. The van der Waals surface area contributed by atoms with Crippen LogP contribution in [0.1, 0.15) is 0 Å². The van der Waals surface area contributed by atoms with E-state index in [1.165, 1.54) is 69.9 Å². The van der Waals surface area contributed by atoms with Crippen molar-refractivity contribution in [3.8, 4) is 27.9 Å². The zero-order chi connectivity index (χ0) is 29.7. The van der Waals surface area contributed by atoms with Gasteiger partial charge in [0.1, 0.15) is 0 Å². The number of nitrogens with one attached hydrogen (secondary N) is 1. The summed E-state index contributed by atoms with van der Waals surface area (Å²) in [5.74, 6) is 0. The van der Waals surface area contributed by atoms with Crippen molar-refractivity contribution in [3.05, 3.63) is 164 Å². The molecule has 2 nitrogen and oxygen atoms in total. The van der Waals surface area contributed by atoms with Gasteiger partial charge < -0.3 is 9.88 Å². The van der Waals surface area contributed by atoms with Crippen LogP contribution in [0.15, 0.2) is 164 Å². The summed E-state index contributed by atoms with van der Waals surface area (Å²) in [6, 6.07) is 59.1. The van der Waals surface area contributed by atoms with Crippen molar-refractivity contribution in [2.75, 3.05) is 5.32 Å². The van der Waals surface area contributed by atoms with Crippen LogP contribution in [-0.4, -0.2) is 4.57 Å². The largest absolute Gasteiger partial charge is 0.355 e. The topological polar surface area (TPSA) is 17.0 Å². The highest BCUT2D eigenvalue weighted by Gasteiger charge is 2.15. The van der Waals surface area contributed by atoms with Crippen LogP contribution in [0.2, 0.25) is 0 Å². The van der Waals surface area contributed by atoms with E-state index in [9.17, 15) is 0 Å². The molecule has 2 aromatic heterocycles. The Morgan fingerprint density at radius 2 is 1.09 bits per heavy atom. The number of benzene rings is 7. The summed E-state index contributed by atoms with van der Waals surface area (Å²) >= 11 is 1.85. The monoisotopic (exact) mass is 592 g/mol. The number of nitrogens with zero attached hydrogens (tertiary/aromatic N) is 1. The Balaban J connectivity index is 1.17. The molecule has 0 radical (unpaired) electrons. The van der Waals surface area contributed by atoms with E-state index in [-0.39, 0.29) is 0 Å². The third kappa shape index (κ3) is 4.40. The van der Waals surface area contributed by atoms with Crippen LogP contribution in [0.3, 0.4) is 0 Å². The van der Waals surface area contributed by atoms with E-state index >= 15 is 0 Å². The van der Waals surface area contributed by atoms with Crippen LogP contribution in [0.4, 0.5) is 11.4 Å². The first-order valence-electron chi connectivity index (χ1n) is 15.3. The number of thiophene rings is 1. The minimum Gasteiger partial charge on any atom is -0.355 e. The fourth-order valence-electron chi connectivity index (χ4n) is 6.66. The van der Waals surface area contributed by atoms with Gasteiger partial charge in [0.15, 0.2) is 0 Å². The van der Waals surface area contributed by atoms with E-state index in [0.29, 0.717) is 0 Å². The van der Waals surface area contributed by atoms with E-state index in [1.54, 1.807) is 0 Å². The highest BCUT2D eigenvalue weighted by molar-refractivity contribution is 7.25. The Labute approximate surface area is 265 Å². The maximum absolute atomic E-state index is 3.77. The second-order valence-electron chi connectivity index (χ2n) is 11.5. The third-order valence-electron chi connectivity index (χ3n) is 8.78. The zero-order valence-corrected chi connectivity index (χ0v) is 25.3. The molecule has 2 heterocycles. The van der Waals surface area contributed by atoms with Crippen LogP contribution in [0.5, 0.6) is 0 Å². The lowest BCUT2D eigenvalue weighted by molar-refractivity contribution is 1.18. The first-order valence-corrected chi connectivity index (χ1v) is 16.1. The first-order chi connectivity index (χ1) is 22.3. The van der Waals surface area contributed by atoms with Crippen molar-refractivity contribution in [1.82, 2.24) is 4.57 Å². The molecule has 45 heavy (non-hydrogen) atoms. The molecule has 0 saturated carbocycles. The van der Waals surface area contributed by atoms with Gasteiger partial charge in [-0.05, 0) is 83.4 Å². The van der Waals surface area contributed by atoms with E-state index in [1.807, 2.05) is 11.3 Å². The Morgan fingerprint density at radius 1 is 0.422 bits per heavy atom. The molecule has 0 aliphatic rings. The van der Waals surface area contributed by atoms with Crippen molar-refractivity contribution in [2.45, 2.75) is 0 Å². The summed E-state index contributed by atoms with van der Waals surface area (Å²) in [5, 5.41) is 8.89. The average molecular weight is 593 g/mol. The summed E-state index contributed by atoms with van der Waals surface area (Å²) in [6.07, 6.45) is 0. The quantitative estimate of drug-likeness (QED) is 0.210. The SMILES string of the molecule is c1ccc(-c2cc(-c3ccc4c(c3)c3ccccc3n4-c3ccccc3)ccc2Nc2ccc3sc4ccccc4c3c2)cc1. The maximum Gasteiger partial charge on any atom is 0.0541 e. The lowest BCUT2D eigenvalue weighted by atomic mass is 9.96. The summed E-state index contributed by atoms with van der Waals surface area (Å²) in [7, 11) is 0. The molecule has 0 aliphatic carbocycles. The highest BCUT2D eigenvalue weighted by Crippen LogP contribution is 2.40. The molecule has 0 unspecified atom stereocenters. The van der Waals surface area contributed by atoms with Crippen LogP contribution < -0.4 is 5.32 Å². The van der Waals surface area contributed by atoms with Gasteiger partial charge in [0.2, 0.25) is 0 Å². The molecule has 0 saturated heterocycles. The summed E-state index contributed by atoms with van der Waals surface area (Å²) in [5.41, 5.74) is 10.5. The number of rotatable bonds is 5. The molecule has 0 bridgehead atoms. The van der Waals surface area contributed by atoms with Gasteiger partial charge in [-0.2, -0.15) is 0 Å². The number of hydrogen-bond acceptors (Lipinski definition) is 2. The normalized spacial score (nSPS) is 11.6. The Morgan fingerprint density at radius 3 is 1.96 bits per heavy atom.